The molecule has 1 aromatic carbocycles. The molecule has 0 saturated carbocycles. The highest BCUT2D eigenvalue weighted by molar-refractivity contribution is 7.89. The highest BCUT2D eigenvalue weighted by atomic mass is 32.2. The monoisotopic (exact) mass is 415 g/mol. The Morgan fingerprint density at radius 3 is 2.41 bits per heavy atom. The number of carbonyl (C=O) groups excluding carboxylic acids is 1. The zero-order chi connectivity index (χ0) is 20.6. The molecule has 152 valence electrons. The third-order valence-corrected chi connectivity index (χ3v) is 7.17. The van der Waals surface area contributed by atoms with Gasteiger partial charge in [0.25, 0.3) is 5.91 Å². The van der Waals surface area contributed by atoms with Gasteiger partial charge in [0.2, 0.25) is 10.0 Å². The van der Waals surface area contributed by atoms with Gasteiger partial charge < -0.3 is 9.42 Å². The second-order valence-corrected chi connectivity index (χ2v) is 8.75. The zero-order valence-corrected chi connectivity index (χ0v) is 16.9. The van der Waals surface area contributed by atoms with Crippen LogP contribution in [0.5, 0.6) is 0 Å². The van der Waals surface area contributed by atoms with Crippen LogP contribution in [0.4, 0.5) is 0 Å². The van der Waals surface area contributed by atoms with Crippen LogP contribution in [-0.4, -0.2) is 65.1 Å². The number of nitrogens with one attached hydrogen (secondary N) is 1. The van der Waals surface area contributed by atoms with Gasteiger partial charge in [-0.05, 0) is 13.8 Å². The number of piperazine rings is 1. The summed E-state index contributed by atoms with van der Waals surface area (Å²) < 4.78 is 32.3. The van der Waals surface area contributed by atoms with E-state index in [1.54, 1.807) is 18.7 Å². The average molecular weight is 415 g/mol. The van der Waals surface area contributed by atoms with Gasteiger partial charge >= 0.3 is 0 Å². The molecule has 0 aliphatic carbocycles. The third-order valence-electron chi connectivity index (χ3n) is 5.02. The lowest BCUT2D eigenvalue weighted by Gasteiger charge is -2.33. The van der Waals surface area contributed by atoms with E-state index in [4.69, 9.17) is 4.52 Å². The molecule has 1 fully saturated rings. The van der Waals surface area contributed by atoms with Crippen LogP contribution in [0.25, 0.3) is 11.3 Å². The molecule has 0 atom stereocenters. The molecule has 1 saturated heterocycles. The molecule has 29 heavy (non-hydrogen) atoms. The summed E-state index contributed by atoms with van der Waals surface area (Å²) in [6.45, 7) is 4.18. The number of sulfonamides is 1. The topological polar surface area (TPSA) is 112 Å². The molecule has 4 rings (SSSR count). The molecule has 0 radical (unpaired) electrons. The number of benzene rings is 1. The molecule has 1 aliphatic heterocycles. The van der Waals surface area contributed by atoms with E-state index < -0.39 is 10.0 Å². The van der Waals surface area contributed by atoms with Crippen LogP contribution < -0.4 is 0 Å². The number of aryl methyl sites for hydroxylation is 2. The first-order valence-electron chi connectivity index (χ1n) is 9.20. The van der Waals surface area contributed by atoms with Gasteiger partial charge in [-0.2, -0.15) is 9.40 Å². The standard InChI is InChI=1S/C19H21N5O4S/c1-13-18(14(2)28-22-13)29(26,27)24-10-8-23(9-11-24)19(25)16-12-20-21-17(16)15-6-4-3-5-7-15/h3-7,12H,8-11H2,1-2H3,(H,20,21). The van der Waals surface area contributed by atoms with E-state index in [9.17, 15) is 13.2 Å². The number of amides is 1. The Morgan fingerprint density at radius 1 is 1.10 bits per heavy atom. The molecular weight excluding hydrogens is 394 g/mol. The molecule has 1 aliphatic rings. The lowest BCUT2D eigenvalue weighted by molar-refractivity contribution is 0.0698. The summed E-state index contributed by atoms with van der Waals surface area (Å²) >= 11 is 0. The van der Waals surface area contributed by atoms with Crippen molar-refractivity contribution < 1.29 is 17.7 Å². The molecule has 3 aromatic rings. The minimum absolute atomic E-state index is 0.110. The van der Waals surface area contributed by atoms with Gasteiger partial charge in [0.1, 0.15) is 10.6 Å². The van der Waals surface area contributed by atoms with Crippen molar-refractivity contribution in [3.05, 3.63) is 53.5 Å². The van der Waals surface area contributed by atoms with Gasteiger partial charge in [-0.15, -0.1) is 0 Å². The molecular formula is C19H21N5O4S. The van der Waals surface area contributed by atoms with Gasteiger partial charge in [-0.3, -0.25) is 9.89 Å². The summed E-state index contributed by atoms with van der Waals surface area (Å²) in [4.78, 5) is 14.8. The number of carbonyl (C=O) groups is 1. The van der Waals surface area contributed by atoms with Crippen molar-refractivity contribution in [3.8, 4) is 11.3 Å². The Balaban J connectivity index is 1.50. The Bertz CT molecular complexity index is 1110. The van der Waals surface area contributed by atoms with Crippen LogP contribution in [0.15, 0.2) is 45.9 Å². The SMILES string of the molecule is Cc1noc(C)c1S(=O)(=O)N1CCN(C(=O)c2cn[nH]c2-c2ccccc2)CC1. The molecule has 0 bridgehead atoms. The maximum Gasteiger partial charge on any atom is 0.257 e. The normalized spacial score (nSPS) is 15.6. The van der Waals surface area contributed by atoms with Crippen molar-refractivity contribution in [2.24, 2.45) is 0 Å². The fraction of sp³-hybridized carbons (Fsp3) is 0.316. The lowest BCUT2D eigenvalue weighted by atomic mass is 10.1. The van der Waals surface area contributed by atoms with Crippen LogP contribution >= 0.6 is 0 Å². The predicted molar refractivity (Wildman–Crippen MR) is 105 cm³/mol. The van der Waals surface area contributed by atoms with E-state index in [1.807, 2.05) is 30.3 Å². The minimum atomic E-state index is -3.71. The highest BCUT2D eigenvalue weighted by Crippen LogP contribution is 2.26. The molecule has 0 unspecified atom stereocenters. The second kappa shape index (κ2) is 7.45. The summed E-state index contributed by atoms with van der Waals surface area (Å²) in [6.07, 6.45) is 1.51. The smallest absolute Gasteiger partial charge is 0.257 e. The largest absolute Gasteiger partial charge is 0.360 e. The van der Waals surface area contributed by atoms with Crippen LogP contribution in [0.2, 0.25) is 0 Å². The fourth-order valence-electron chi connectivity index (χ4n) is 3.55. The number of H-pyrrole nitrogens is 1. The summed E-state index contributed by atoms with van der Waals surface area (Å²) in [6, 6.07) is 9.49. The summed E-state index contributed by atoms with van der Waals surface area (Å²) in [5.74, 6) is 0.0962. The molecule has 2 aromatic heterocycles. The Morgan fingerprint density at radius 2 is 1.79 bits per heavy atom. The third kappa shape index (κ3) is 3.45. The Labute approximate surface area is 168 Å². The van der Waals surface area contributed by atoms with Crippen LogP contribution in [0, 0.1) is 13.8 Å². The average Bonchev–Trinajstić information content (AvgIpc) is 3.35. The number of hydrogen-bond donors (Lipinski definition) is 1. The quantitative estimate of drug-likeness (QED) is 0.696. The molecule has 10 heteroatoms. The first-order valence-corrected chi connectivity index (χ1v) is 10.6. The van der Waals surface area contributed by atoms with E-state index in [2.05, 4.69) is 15.4 Å². The van der Waals surface area contributed by atoms with Crippen LogP contribution in [0.3, 0.4) is 0 Å². The second-order valence-electron chi connectivity index (χ2n) is 6.87. The highest BCUT2D eigenvalue weighted by Gasteiger charge is 2.35. The van der Waals surface area contributed by atoms with Gasteiger partial charge in [-0.25, -0.2) is 8.42 Å². The molecule has 1 amide bonds. The number of hydrogen-bond acceptors (Lipinski definition) is 6. The van der Waals surface area contributed by atoms with Crippen molar-refractivity contribution in [2.75, 3.05) is 26.2 Å². The molecule has 0 spiro atoms. The van der Waals surface area contributed by atoms with Gasteiger partial charge in [0.15, 0.2) is 5.76 Å². The van der Waals surface area contributed by atoms with Gasteiger partial charge in [0, 0.05) is 31.7 Å². The predicted octanol–water partition coefficient (Wildman–Crippen LogP) is 1.83. The maximum atomic E-state index is 13.0. The van der Waals surface area contributed by atoms with Crippen molar-refractivity contribution in [3.63, 3.8) is 0 Å². The summed E-state index contributed by atoms with van der Waals surface area (Å²) in [7, 11) is -3.71. The molecule has 3 heterocycles. The Hall–Kier alpha value is -2.98. The van der Waals surface area contributed by atoms with Gasteiger partial charge in [0.05, 0.1) is 17.5 Å². The number of aromatic nitrogens is 3. The van der Waals surface area contributed by atoms with E-state index in [1.165, 1.54) is 10.5 Å². The zero-order valence-electron chi connectivity index (χ0n) is 16.1. The van der Waals surface area contributed by atoms with E-state index in [0.717, 1.165) is 5.56 Å². The van der Waals surface area contributed by atoms with Crippen LogP contribution in [-0.2, 0) is 10.0 Å². The number of aromatic amines is 1. The van der Waals surface area contributed by atoms with E-state index in [-0.39, 0.29) is 29.7 Å². The van der Waals surface area contributed by atoms with Crippen molar-refractivity contribution >= 4 is 15.9 Å². The Kier molecular flexibility index (Phi) is 4.97. The van der Waals surface area contributed by atoms with Crippen LogP contribution in [0.1, 0.15) is 21.8 Å². The fourth-order valence-corrected chi connectivity index (χ4v) is 5.26. The van der Waals surface area contributed by atoms with Crippen molar-refractivity contribution in [1.82, 2.24) is 24.6 Å². The van der Waals surface area contributed by atoms with Gasteiger partial charge in [-0.1, -0.05) is 35.5 Å². The van der Waals surface area contributed by atoms with Crippen molar-refractivity contribution in [2.45, 2.75) is 18.7 Å². The molecule has 9 nitrogen and oxygen atoms in total. The maximum absolute atomic E-state index is 13.0. The first kappa shape index (κ1) is 19.3. The van der Waals surface area contributed by atoms with E-state index >= 15 is 0 Å². The van der Waals surface area contributed by atoms with Crippen molar-refractivity contribution in [1.29, 1.82) is 0 Å². The molecule has 1 N–H and O–H groups in total. The summed E-state index contributed by atoms with van der Waals surface area (Å²) in [5, 5.41) is 10.6. The van der Waals surface area contributed by atoms with E-state index in [0.29, 0.717) is 30.0 Å². The minimum Gasteiger partial charge on any atom is -0.360 e. The number of nitrogens with zero attached hydrogens (tertiary/aromatic N) is 4. The lowest BCUT2D eigenvalue weighted by Crippen LogP contribution is -2.50. The summed E-state index contributed by atoms with van der Waals surface area (Å²) in [5.41, 5.74) is 2.33. The first-order chi connectivity index (χ1) is 13.9. The number of rotatable bonds is 4.